The van der Waals surface area contributed by atoms with Crippen LogP contribution in [0.1, 0.15) is 23.8 Å². The van der Waals surface area contributed by atoms with Gasteiger partial charge >= 0.3 is 5.69 Å². The van der Waals surface area contributed by atoms with Gasteiger partial charge in [-0.3, -0.25) is 19.1 Å². The number of thiazole rings is 1. The van der Waals surface area contributed by atoms with Crippen LogP contribution in [0.4, 0.5) is 0 Å². The van der Waals surface area contributed by atoms with Crippen molar-refractivity contribution in [1.82, 2.24) is 19.4 Å². The topological polar surface area (TPSA) is 88.1 Å². The lowest BCUT2D eigenvalue weighted by atomic mass is 9.97. The molecule has 0 spiro atoms. The molecule has 1 N–H and O–H groups in total. The molecule has 26 heavy (non-hydrogen) atoms. The van der Waals surface area contributed by atoms with Gasteiger partial charge in [0.1, 0.15) is 6.54 Å². The fraction of sp³-hybridized carbons (Fsp3) is 0.333. The predicted octanol–water partition coefficient (Wildman–Crippen LogP) is 1.55. The smallest absolute Gasteiger partial charge is 0.329 e. The first-order chi connectivity index (χ1) is 12.6. The molecule has 3 aromatic rings. The van der Waals surface area contributed by atoms with Gasteiger partial charge in [-0.1, -0.05) is 12.1 Å². The number of likely N-dealkylation sites (tertiary alicyclic amines) is 1. The minimum atomic E-state index is -0.556. The van der Waals surface area contributed by atoms with Crippen molar-refractivity contribution in [3.8, 4) is 0 Å². The average molecular weight is 370 g/mol. The first-order valence-electron chi connectivity index (χ1n) is 8.52. The maximum absolute atomic E-state index is 12.7. The fourth-order valence-electron chi connectivity index (χ4n) is 3.45. The highest BCUT2D eigenvalue weighted by Gasteiger charge is 2.25. The van der Waals surface area contributed by atoms with Crippen LogP contribution in [-0.4, -0.2) is 38.4 Å². The number of nitrogens with zero attached hydrogens (tertiary/aromatic N) is 3. The molecule has 8 heteroatoms. The van der Waals surface area contributed by atoms with Crippen molar-refractivity contribution >= 4 is 28.1 Å². The van der Waals surface area contributed by atoms with E-state index in [-0.39, 0.29) is 12.5 Å². The Morgan fingerprint density at radius 3 is 2.73 bits per heavy atom. The highest BCUT2D eigenvalue weighted by atomic mass is 32.1. The Bertz CT molecular complexity index is 1050. The molecule has 1 aliphatic rings. The summed E-state index contributed by atoms with van der Waals surface area (Å²) in [6, 6.07) is 6.82. The van der Waals surface area contributed by atoms with E-state index in [2.05, 4.69) is 9.97 Å². The third-order valence-corrected chi connectivity index (χ3v) is 5.78. The number of aromatic nitrogens is 3. The number of hydrogen-bond acceptors (Lipinski definition) is 5. The molecule has 0 atom stereocenters. The molecule has 1 fully saturated rings. The summed E-state index contributed by atoms with van der Waals surface area (Å²) in [4.78, 5) is 45.3. The molecule has 2 aromatic heterocycles. The summed E-state index contributed by atoms with van der Waals surface area (Å²) in [5.74, 6) is 0.289. The number of rotatable bonds is 3. The standard InChI is InChI=1S/C18H18N4O3S/c23-15(21-8-5-12(6-9-21)17-19-7-10-26-17)11-22-14-4-2-1-3-13(14)16(24)20-18(22)25/h1-4,7,10,12H,5-6,8-9,11H2,(H,20,24,25). The van der Waals surface area contributed by atoms with Gasteiger partial charge in [0.05, 0.1) is 15.9 Å². The molecule has 0 saturated carbocycles. The number of amides is 1. The molecule has 134 valence electrons. The van der Waals surface area contributed by atoms with Crippen LogP contribution in [0.25, 0.3) is 10.9 Å². The summed E-state index contributed by atoms with van der Waals surface area (Å²) in [5, 5.41) is 3.50. The van der Waals surface area contributed by atoms with Crippen LogP contribution in [0, 0.1) is 0 Å². The summed E-state index contributed by atoms with van der Waals surface area (Å²) < 4.78 is 1.34. The zero-order valence-electron chi connectivity index (χ0n) is 14.1. The number of H-pyrrole nitrogens is 1. The van der Waals surface area contributed by atoms with Gasteiger partial charge in [0, 0.05) is 30.6 Å². The SMILES string of the molecule is O=C(Cn1c(=O)[nH]c(=O)c2ccccc21)N1CCC(c2nccs2)CC1. The Labute approximate surface area is 152 Å². The van der Waals surface area contributed by atoms with Gasteiger partial charge in [-0.05, 0) is 25.0 Å². The van der Waals surface area contributed by atoms with Crippen LogP contribution < -0.4 is 11.2 Å². The monoisotopic (exact) mass is 370 g/mol. The largest absolute Gasteiger partial charge is 0.341 e. The zero-order chi connectivity index (χ0) is 18.1. The molecular weight excluding hydrogens is 352 g/mol. The van der Waals surface area contributed by atoms with Crippen molar-refractivity contribution in [2.45, 2.75) is 25.3 Å². The van der Waals surface area contributed by atoms with Crippen LogP contribution in [0.3, 0.4) is 0 Å². The van der Waals surface area contributed by atoms with E-state index in [9.17, 15) is 14.4 Å². The second-order valence-corrected chi connectivity index (χ2v) is 7.31. The molecule has 4 rings (SSSR count). The van der Waals surface area contributed by atoms with Crippen LogP contribution in [0.5, 0.6) is 0 Å². The Morgan fingerprint density at radius 2 is 2.00 bits per heavy atom. The third kappa shape index (κ3) is 3.08. The van der Waals surface area contributed by atoms with Crippen molar-refractivity contribution in [3.05, 3.63) is 61.7 Å². The summed E-state index contributed by atoms with van der Waals surface area (Å²) in [7, 11) is 0. The fourth-order valence-corrected chi connectivity index (χ4v) is 4.26. The van der Waals surface area contributed by atoms with E-state index >= 15 is 0 Å². The number of benzene rings is 1. The second-order valence-electron chi connectivity index (χ2n) is 6.39. The normalized spacial score (nSPS) is 15.5. The molecule has 0 unspecified atom stereocenters. The van der Waals surface area contributed by atoms with E-state index < -0.39 is 11.2 Å². The number of fused-ring (bicyclic) bond motifs is 1. The number of carbonyl (C=O) groups excluding carboxylic acids is 1. The molecule has 0 radical (unpaired) electrons. The number of hydrogen-bond donors (Lipinski definition) is 1. The van der Waals surface area contributed by atoms with Crippen molar-refractivity contribution in [2.75, 3.05) is 13.1 Å². The van der Waals surface area contributed by atoms with Crippen molar-refractivity contribution in [3.63, 3.8) is 0 Å². The second kappa shape index (κ2) is 6.87. The van der Waals surface area contributed by atoms with Gasteiger partial charge < -0.3 is 4.90 Å². The Balaban J connectivity index is 1.52. The van der Waals surface area contributed by atoms with Gasteiger partial charge in [-0.15, -0.1) is 11.3 Å². The highest BCUT2D eigenvalue weighted by molar-refractivity contribution is 7.09. The molecule has 0 aliphatic carbocycles. The Morgan fingerprint density at radius 1 is 1.23 bits per heavy atom. The van der Waals surface area contributed by atoms with Crippen LogP contribution >= 0.6 is 11.3 Å². The van der Waals surface area contributed by atoms with E-state index in [1.165, 1.54) is 4.57 Å². The first kappa shape index (κ1) is 16.7. The van der Waals surface area contributed by atoms with Crippen LogP contribution in [0.2, 0.25) is 0 Å². The van der Waals surface area contributed by atoms with Crippen molar-refractivity contribution < 1.29 is 4.79 Å². The van der Waals surface area contributed by atoms with Crippen LogP contribution in [-0.2, 0) is 11.3 Å². The summed E-state index contributed by atoms with van der Waals surface area (Å²) in [5.41, 5.74) is -0.509. The molecule has 1 aromatic carbocycles. The lowest BCUT2D eigenvalue weighted by Crippen LogP contribution is -2.42. The summed E-state index contributed by atoms with van der Waals surface area (Å²) in [6.45, 7) is 1.23. The van der Waals surface area contributed by atoms with Gasteiger partial charge in [-0.25, -0.2) is 9.78 Å². The average Bonchev–Trinajstić information content (AvgIpc) is 3.20. The molecule has 1 saturated heterocycles. The number of para-hydroxylation sites is 1. The summed E-state index contributed by atoms with van der Waals surface area (Å²) >= 11 is 1.65. The third-order valence-electron chi connectivity index (χ3n) is 4.85. The molecule has 1 aliphatic heterocycles. The molecule has 7 nitrogen and oxygen atoms in total. The van der Waals surface area contributed by atoms with E-state index in [0.29, 0.717) is 29.9 Å². The molecule has 3 heterocycles. The molecular formula is C18H18N4O3S. The number of piperidine rings is 1. The van der Waals surface area contributed by atoms with E-state index in [0.717, 1.165) is 17.8 Å². The Kier molecular flexibility index (Phi) is 4.42. The van der Waals surface area contributed by atoms with E-state index in [1.54, 1.807) is 40.5 Å². The lowest BCUT2D eigenvalue weighted by molar-refractivity contribution is -0.132. The summed E-state index contributed by atoms with van der Waals surface area (Å²) in [6.07, 6.45) is 3.56. The van der Waals surface area contributed by atoms with Gasteiger partial charge in [0.2, 0.25) is 5.91 Å². The van der Waals surface area contributed by atoms with Crippen molar-refractivity contribution in [1.29, 1.82) is 0 Å². The lowest BCUT2D eigenvalue weighted by Gasteiger charge is -2.31. The first-order valence-corrected chi connectivity index (χ1v) is 9.40. The van der Waals surface area contributed by atoms with E-state index in [4.69, 9.17) is 0 Å². The highest BCUT2D eigenvalue weighted by Crippen LogP contribution is 2.29. The number of carbonyl (C=O) groups is 1. The quantitative estimate of drug-likeness (QED) is 0.758. The van der Waals surface area contributed by atoms with Crippen molar-refractivity contribution in [2.24, 2.45) is 0 Å². The Hall–Kier alpha value is -2.74. The number of nitrogens with one attached hydrogen (secondary N) is 1. The van der Waals surface area contributed by atoms with E-state index in [1.807, 2.05) is 11.6 Å². The number of aromatic amines is 1. The zero-order valence-corrected chi connectivity index (χ0v) is 14.9. The molecule has 0 bridgehead atoms. The maximum Gasteiger partial charge on any atom is 0.329 e. The minimum absolute atomic E-state index is 0.0714. The van der Waals surface area contributed by atoms with Gasteiger partial charge in [-0.2, -0.15) is 0 Å². The van der Waals surface area contributed by atoms with Crippen LogP contribution in [0.15, 0.2) is 45.4 Å². The van der Waals surface area contributed by atoms with Gasteiger partial charge in [0.15, 0.2) is 0 Å². The maximum atomic E-state index is 12.7. The predicted molar refractivity (Wildman–Crippen MR) is 99.5 cm³/mol. The molecule has 1 amide bonds. The minimum Gasteiger partial charge on any atom is -0.341 e. The van der Waals surface area contributed by atoms with Gasteiger partial charge in [0.25, 0.3) is 5.56 Å².